The summed E-state index contributed by atoms with van der Waals surface area (Å²) < 4.78 is 92.0. The molecule has 0 aromatic rings. The Morgan fingerprint density at radius 1 is 0.408 bits per heavy atom. The van der Waals surface area contributed by atoms with Gasteiger partial charge in [-0.25, -0.2) is 6.57 Å². The molecule has 53 heteroatoms. The Morgan fingerprint density at radius 2 is 0.676 bits per heavy atom. The molecule has 13 unspecified atom stereocenters. The van der Waals surface area contributed by atoms with E-state index >= 15 is 0 Å². The quantitative estimate of drug-likeness (QED) is 0.0125. The standard InChI is InChI=1S/C15H25BN2O6.C14H24BN2O5P.4C10H18BNO4.C9H18ClN2P.C6H11BO3.C5H11NO.BH/c1-5-9-12(24-11(20)7-6-10(19)17-3)13(14(16)23-9)22-8(2)15(21)18-4;1-6-10-11(22-23(5)19-8-7-16-3)12(13(15)21-10)20-9(2)14(18)17-4;4*1-4-6-7(13)8(9(11)16-6)15-5(2)10(14)12-3;1-8(2)12-13(10,9(3)4)7-5-6-11;1-2-3-4(8)5(9)6(7)10-3;1-4(2)5(7)6-3;/h8-9,12-14H,5-7H2,1-4H3,(H,17,19)(H,18,21);9-13H,6-8H2,1-2,4-5H3,(H,17,18);4*5-9,13H,4H2,1-3H3,(H,12,14);8-9H,5,7H2,1-4H3;3-6,8-9H,2H2,1H3;4H,1-3H3,(H,6,7);1H/t8?,9-,12+,13?,14-;9?,10-,11+,12?,13-,23?;2*5?,6-,7+,8?,9-;5-,6+,7-,8?,9+;5-,6-,7+,8?,9-;;3-,4+,5?,6-;;/m111101.1../s1. The fourth-order valence-corrected chi connectivity index (χ4v) is 18.1. The number of esters is 1. The molecule has 0 bridgehead atoms. The Morgan fingerprint density at radius 3 is 0.901 bits per heavy atom. The van der Waals surface area contributed by atoms with Crippen molar-refractivity contribution >= 4 is 143 Å². The van der Waals surface area contributed by atoms with Gasteiger partial charge in [-0.05, 0) is 100 Å². The summed E-state index contributed by atoms with van der Waals surface area (Å²) in [4.78, 5) is 105. The highest BCUT2D eigenvalue weighted by atomic mass is 35.7. The second-order valence-corrected chi connectivity index (χ2v) is 40.5. The molecule has 7 fully saturated rings. The van der Waals surface area contributed by atoms with Crippen molar-refractivity contribution in [3.05, 3.63) is 11.4 Å². The molecule has 0 aromatic carbocycles. The summed E-state index contributed by atoms with van der Waals surface area (Å²) in [5, 5.41) is 86.0. The molecule has 36 atom stereocenters. The number of halogens is 1. The number of rotatable bonds is 39. The largest absolute Gasteiger partial charge is 0.457 e. The molecule has 7 aliphatic heterocycles. The van der Waals surface area contributed by atoms with Crippen molar-refractivity contribution in [2.45, 2.75) is 414 Å². The van der Waals surface area contributed by atoms with Crippen molar-refractivity contribution < 1.29 is 149 Å². The molecule has 0 aliphatic carbocycles. The van der Waals surface area contributed by atoms with E-state index in [1.54, 1.807) is 55.6 Å². The third-order valence-electron chi connectivity index (χ3n) is 22.6. The number of aliphatic hydroxyl groups excluding tert-OH is 6. The molecule has 7 heterocycles. The van der Waals surface area contributed by atoms with Crippen LogP contribution >= 0.6 is 26.0 Å². The van der Waals surface area contributed by atoms with E-state index in [4.69, 9.17) is 158 Å². The first kappa shape index (κ1) is 141. The van der Waals surface area contributed by atoms with Gasteiger partial charge in [-0.1, -0.05) is 87.4 Å². The summed E-state index contributed by atoms with van der Waals surface area (Å²) in [6.45, 7) is 44.1. The monoisotopic (exact) mass is 2070 g/mol. The van der Waals surface area contributed by atoms with Gasteiger partial charge >= 0.3 is 5.97 Å². The van der Waals surface area contributed by atoms with Crippen LogP contribution in [0.5, 0.6) is 0 Å². The van der Waals surface area contributed by atoms with E-state index in [0.717, 1.165) is 6.16 Å². The molecule has 16 radical (unpaired) electrons. The van der Waals surface area contributed by atoms with Crippen LogP contribution in [0.25, 0.3) is 4.85 Å². The molecule has 0 spiro atoms. The van der Waals surface area contributed by atoms with Gasteiger partial charge in [-0.3, -0.25) is 47.9 Å². The van der Waals surface area contributed by atoms with E-state index < -0.39 is 191 Å². The number of hydrogen-bond donors (Lipinski definition) is 14. The molecule has 142 heavy (non-hydrogen) atoms. The van der Waals surface area contributed by atoms with E-state index in [2.05, 4.69) is 72.0 Å². The number of carbonyl (C=O) groups excluding carboxylic acids is 9. The SMILES string of the molecule is CC(C)N=P(Cl)(CCC#N)C(C)C.CNC(=O)C(C)C.[BH].[B][C@@H]1O[C@H](CC)[C@H](O)C1O.[B][C@@H]1O[C@H](CC)[C@H](O)C1OC(C)C(=O)NC.[B][C@@H]1O[C@H](CC)[C@H](O)C1OC(C)C(=O)NC.[B][C@@H]1O[C@H](CC)[C@H](O)C1O[C@@H](C)C(=O)NC.[B][C@@H]1O[C@H](CC)[C@H](O)C1O[C@H](C)C(=O)NC.[B][C@@H]1O[C@H](CC)[C@H](OC(=O)CCC(=O)NC)C1OC(C)C(=O)NC.[B][C@@H]1O[C@H](CC)[C@H](OP(C)OCC[N+]#[C-])C1OC(C)C(=O)NC. The van der Waals surface area contributed by atoms with Crippen LogP contribution in [0.2, 0.25) is 0 Å². The summed E-state index contributed by atoms with van der Waals surface area (Å²) in [7, 11) is 51.1. The lowest BCUT2D eigenvalue weighted by molar-refractivity contribution is -0.162. The van der Waals surface area contributed by atoms with E-state index in [9.17, 15) is 68.7 Å². The summed E-state index contributed by atoms with van der Waals surface area (Å²) in [6, 6.07) is -2.54. The predicted molar refractivity (Wildman–Crippen MR) is 544 cm³/mol. The number of nitrogens with one attached hydrogen (secondary N) is 8. The highest BCUT2D eigenvalue weighted by molar-refractivity contribution is 7.91. The molecule has 7 aliphatic rings. The van der Waals surface area contributed by atoms with E-state index in [-0.39, 0.29) is 117 Å². The fraction of sp³-hybridized carbons (Fsp3) is 0.876. The zero-order valence-corrected chi connectivity index (χ0v) is 90.9. The zero-order valence-electron chi connectivity index (χ0n) is 88.3. The second kappa shape index (κ2) is 74.7. The van der Waals surface area contributed by atoms with Gasteiger partial charge in [0.25, 0.3) is 0 Å². The van der Waals surface area contributed by atoms with Gasteiger partial charge in [-0.15, -0.1) is 0 Å². The average molecular weight is 2070 g/mol. The molecule has 7 saturated heterocycles. The van der Waals surface area contributed by atoms with Gasteiger partial charge in [0.15, 0.2) is 14.5 Å². The summed E-state index contributed by atoms with van der Waals surface area (Å²) >= 11 is 6.44. The number of carbonyl (C=O) groups is 9. The number of nitrogens with zero attached hydrogens (tertiary/aromatic N) is 3. The number of nitriles is 1. The van der Waals surface area contributed by atoms with Crippen molar-refractivity contribution in [3.8, 4) is 6.07 Å². The fourth-order valence-electron chi connectivity index (χ4n) is 14.2. The normalized spacial score (nSPS) is 30.9. The Hall–Kier alpha value is -5.16. The molecule has 0 aromatic heterocycles. The molecule has 0 saturated carbocycles. The molecule has 14 N–H and O–H groups in total. The van der Waals surface area contributed by atoms with E-state index in [1.807, 2.05) is 82.8 Å². The number of ether oxygens (including phenoxy) is 14. The maximum Gasteiger partial charge on any atom is 0.306 e. The first-order chi connectivity index (χ1) is 66.1. The Labute approximate surface area is 859 Å². The smallest absolute Gasteiger partial charge is 0.306 e. The average Bonchev–Trinajstić information content (AvgIpc) is 1.67. The lowest BCUT2D eigenvalue weighted by Gasteiger charge is -2.28. The Kier molecular flexibility index (Phi) is 74.1. The molecule has 800 valence electrons. The maximum absolute atomic E-state index is 12.0. The van der Waals surface area contributed by atoms with Crippen LogP contribution in [-0.2, 0) is 119 Å². The van der Waals surface area contributed by atoms with Crippen molar-refractivity contribution in [1.82, 2.24) is 42.5 Å². The van der Waals surface area contributed by atoms with Crippen LogP contribution in [-0.4, -0.2) is 448 Å². The van der Waals surface area contributed by atoms with Crippen molar-refractivity contribution in [2.24, 2.45) is 10.7 Å². The van der Waals surface area contributed by atoms with E-state index in [1.165, 1.54) is 42.3 Å². The molecule has 7 rings (SSSR count). The minimum Gasteiger partial charge on any atom is -0.457 e. The second-order valence-electron chi connectivity index (χ2n) is 34.2. The third-order valence-corrected chi connectivity index (χ3v) is 28.9. The van der Waals surface area contributed by atoms with Crippen LogP contribution in [0.3, 0.4) is 0 Å². The highest BCUT2D eigenvalue weighted by Crippen LogP contribution is 2.60. The van der Waals surface area contributed by atoms with Crippen molar-refractivity contribution in [3.63, 3.8) is 0 Å². The summed E-state index contributed by atoms with van der Waals surface area (Å²) in [5.41, 5.74) is 0.380. The van der Waals surface area contributed by atoms with Crippen molar-refractivity contribution in [2.75, 3.05) is 82.4 Å². The molecule has 42 nitrogen and oxygen atoms in total. The number of aliphatic hydroxyl groups is 6. The predicted octanol–water partition coefficient (Wildman–Crippen LogP) is -0.175. The molecular weight excluding hydrogens is 1900 g/mol. The molecule has 8 amide bonds. The van der Waals surface area contributed by atoms with Crippen LogP contribution in [0.15, 0.2) is 4.74 Å². The number of hydrogen-bond acceptors (Lipinski definition) is 33. The summed E-state index contributed by atoms with van der Waals surface area (Å²) in [6.07, 6.45) is -12.2. The van der Waals surface area contributed by atoms with Crippen LogP contribution in [0, 0.1) is 23.8 Å². The summed E-state index contributed by atoms with van der Waals surface area (Å²) in [5.74, 6) is -2.13. The van der Waals surface area contributed by atoms with Gasteiger partial charge in [-0.2, -0.15) is 5.26 Å². The Bertz CT molecular complexity index is 3540. The minimum absolute atomic E-state index is 0. The zero-order chi connectivity index (χ0) is 109. The third kappa shape index (κ3) is 48.6. The first-order valence-corrected chi connectivity index (χ1v) is 52.4. The topological polar surface area (TPSA) is 559 Å². The van der Waals surface area contributed by atoms with E-state index in [0.29, 0.717) is 70.2 Å². The lowest BCUT2D eigenvalue weighted by Crippen LogP contribution is -2.44. The van der Waals surface area contributed by atoms with Crippen molar-refractivity contribution in [1.29, 1.82) is 5.26 Å². The van der Waals surface area contributed by atoms with Crippen LogP contribution in [0.4, 0.5) is 0 Å². The number of amides is 8. The lowest BCUT2D eigenvalue weighted by atomic mass is 9.92. The van der Waals surface area contributed by atoms with Gasteiger partial charge in [0.2, 0.25) is 53.8 Å². The van der Waals surface area contributed by atoms with Crippen LogP contribution in [0.1, 0.15) is 196 Å². The van der Waals surface area contributed by atoms with Gasteiger partial charge in [0, 0.05) is 150 Å². The van der Waals surface area contributed by atoms with Gasteiger partial charge < -0.3 is 153 Å². The number of likely N-dealkylation sites (N-methyl/N-ethyl adjacent to an activating group) is 6. The maximum atomic E-state index is 12.0. The van der Waals surface area contributed by atoms with Gasteiger partial charge in [0.1, 0.15) is 171 Å². The first-order valence-electron chi connectivity index (χ1n) is 47.9. The van der Waals surface area contributed by atoms with Crippen LogP contribution < -0.4 is 42.5 Å². The molecular formula is C89H162B8ClN11O31P2. The highest BCUT2D eigenvalue weighted by Gasteiger charge is 2.50. The minimum atomic E-state index is -1.74. The van der Waals surface area contributed by atoms with Gasteiger partial charge in [0.05, 0.1) is 67.7 Å². The Balaban J connectivity index is -0.00000155.